The minimum Gasteiger partial charge on any atom is -0.493 e. The predicted molar refractivity (Wildman–Crippen MR) is 90.2 cm³/mol. The number of nitrogens with one attached hydrogen (secondary N) is 1. The number of hydrogen-bond donors (Lipinski definition) is 1. The molecule has 0 aliphatic heterocycles. The predicted octanol–water partition coefficient (Wildman–Crippen LogP) is 4.60. The number of rotatable bonds is 7. The van der Waals surface area contributed by atoms with Gasteiger partial charge in [-0.3, -0.25) is 4.79 Å². The molecule has 0 aliphatic carbocycles. The third-order valence-electron chi connectivity index (χ3n) is 3.13. The number of para-hydroxylation sites is 2. The monoisotopic (exact) mass is 371 g/mol. The molecular weight excluding hydrogens is 356 g/mol. The first-order valence-corrected chi connectivity index (χ1v) is 7.69. The summed E-state index contributed by atoms with van der Waals surface area (Å²) >= 11 is 6.13. The Morgan fingerprint density at radius 1 is 1.24 bits per heavy atom. The number of ether oxygens (including phenoxy) is 3. The highest BCUT2D eigenvalue weighted by Crippen LogP contribution is 2.37. The highest BCUT2D eigenvalue weighted by atomic mass is 35.5. The van der Waals surface area contributed by atoms with Crippen molar-refractivity contribution in [3.63, 3.8) is 0 Å². The largest absolute Gasteiger partial charge is 0.493 e. The van der Waals surface area contributed by atoms with Crippen molar-refractivity contribution in [3.8, 4) is 17.2 Å². The number of alkyl halides is 2. The lowest BCUT2D eigenvalue weighted by Gasteiger charge is -2.14. The molecule has 0 radical (unpaired) electrons. The molecule has 0 bridgehead atoms. The van der Waals surface area contributed by atoms with Crippen LogP contribution < -0.4 is 19.5 Å². The van der Waals surface area contributed by atoms with Crippen LogP contribution in [0.15, 0.2) is 36.4 Å². The molecule has 0 saturated carbocycles. The average molecular weight is 372 g/mol. The van der Waals surface area contributed by atoms with Gasteiger partial charge in [-0.15, -0.1) is 0 Å². The van der Waals surface area contributed by atoms with Gasteiger partial charge in [0, 0.05) is 5.56 Å². The fourth-order valence-electron chi connectivity index (χ4n) is 2.10. The molecule has 134 valence electrons. The van der Waals surface area contributed by atoms with E-state index in [9.17, 15) is 13.6 Å². The maximum absolute atomic E-state index is 12.4. The van der Waals surface area contributed by atoms with E-state index in [4.69, 9.17) is 21.1 Å². The standard InChI is InChI=1S/C17H16ClF2NO4/c1-3-24-15-11(18)8-10(9-14(15)23-2)16(22)21-12-6-4-5-7-13(12)25-17(19)20/h4-9,17H,3H2,1-2H3,(H,21,22). The lowest BCUT2D eigenvalue weighted by atomic mass is 10.1. The van der Waals surface area contributed by atoms with Crippen LogP contribution in [-0.2, 0) is 0 Å². The number of amides is 1. The average Bonchev–Trinajstić information content (AvgIpc) is 2.57. The van der Waals surface area contributed by atoms with Crippen LogP contribution in [0.25, 0.3) is 0 Å². The van der Waals surface area contributed by atoms with E-state index in [0.717, 1.165) is 0 Å². The molecule has 0 aromatic heterocycles. The van der Waals surface area contributed by atoms with Gasteiger partial charge in [0.2, 0.25) is 0 Å². The molecule has 0 spiro atoms. The van der Waals surface area contributed by atoms with Gasteiger partial charge >= 0.3 is 6.61 Å². The summed E-state index contributed by atoms with van der Waals surface area (Å²) in [6.45, 7) is -0.839. The number of carbonyl (C=O) groups is 1. The third-order valence-corrected chi connectivity index (χ3v) is 3.41. The number of carbonyl (C=O) groups excluding carboxylic acids is 1. The fourth-order valence-corrected chi connectivity index (χ4v) is 2.36. The van der Waals surface area contributed by atoms with Gasteiger partial charge < -0.3 is 19.5 Å². The summed E-state index contributed by atoms with van der Waals surface area (Å²) in [6, 6.07) is 8.73. The van der Waals surface area contributed by atoms with E-state index in [0.29, 0.717) is 12.4 Å². The van der Waals surface area contributed by atoms with Crippen molar-refractivity contribution in [2.24, 2.45) is 0 Å². The summed E-state index contributed by atoms with van der Waals surface area (Å²) < 4.78 is 39.8. The van der Waals surface area contributed by atoms with Crippen molar-refractivity contribution in [2.45, 2.75) is 13.5 Å². The molecule has 25 heavy (non-hydrogen) atoms. The van der Waals surface area contributed by atoms with Gasteiger partial charge in [-0.1, -0.05) is 23.7 Å². The van der Waals surface area contributed by atoms with Crippen LogP contribution in [0.4, 0.5) is 14.5 Å². The van der Waals surface area contributed by atoms with Gasteiger partial charge in [0.1, 0.15) is 5.75 Å². The van der Waals surface area contributed by atoms with Crippen LogP contribution in [0.3, 0.4) is 0 Å². The van der Waals surface area contributed by atoms with E-state index in [1.807, 2.05) is 0 Å². The molecule has 5 nitrogen and oxygen atoms in total. The summed E-state index contributed by atoms with van der Waals surface area (Å²) in [4.78, 5) is 12.4. The van der Waals surface area contributed by atoms with Gasteiger partial charge in [0.05, 0.1) is 24.4 Å². The molecule has 0 aliphatic rings. The molecule has 2 aromatic carbocycles. The smallest absolute Gasteiger partial charge is 0.387 e. The van der Waals surface area contributed by atoms with Crippen molar-refractivity contribution < 1.29 is 27.8 Å². The molecule has 2 rings (SSSR count). The highest BCUT2D eigenvalue weighted by molar-refractivity contribution is 6.32. The van der Waals surface area contributed by atoms with E-state index >= 15 is 0 Å². The summed E-state index contributed by atoms with van der Waals surface area (Å²) in [7, 11) is 1.42. The summed E-state index contributed by atoms with van der Waals surface area (Å²) in [6.07, 6.45) is 0. The van der Waals surface area contributed by atoms with Crippen LogP contribution in [-0.4, -0.2) is 26.2 Å². The van der Waals surface area contributed by atoms with Crippen molar-refractivity contribution in [2.75, 3.05) is 19.0 Å². The van der Waals surface area contributed by atoms with E-state index in [1.54, 1.807) is 13.0 Å². The number of methoxy groups -OCH3 is 1. The molecule has 0 atom stereocenters. The molecule has 1 amide bonds. The Morgan fingerprint density at radius 3 is 2.60 bits per heavy atom. The van der Waals surface area contributed by atoms with E-state index in [2.05, 4.69) is 10.1 Å². The lowest BCUT2D eigenvalue weighted by Crippen LogP contribution is -2.14. The Balaban J connectivity index is 2.29. The highest BCUT2D eigenvalue weighted by Gasteiger charge is 2.17. The topological polar surface area (TPSA) is 56.8 Å². The Hall–Kier alpha value is -2.54. The quantitative estimate of drug-likeness (QED) is 0.772. The maximum Gasteiger partial charge on any atom is 0.387 e. The normalized spacial score (nSPS) is 10.5. The van der Waals surface area contributed by atoms with Gasteiger partial charge in [0.25, 0.3) is 5.91 Å². The molecule has 2 aromatic rings. The Kier molecular flexibility index (Phi) is 6.41. The van der Waals surface area contributed by atoms with E-state index in [1.165, 1.54) is 37.4 Å². The van der Waals surface area contributed by atoms with Crippen molar-refractivity contribution in [1.82, 2.24) is 0 Å². The van der Waals surface area contributed by atoms with Crippen LogP contribution >= 0.6 is 11.6 Å². The molecule has 8 heteroatoms. The van der Waals surface area contributed by atoms with Crippen LogP contribution in [0.5, 0.6) is 17.2 Å². The molecule has 0 saturated heterocycles. The lowest BCUT2D eigenvalue weighted by molar-refractivity contribution is -0.0493. The Bertz CT molecular complexity index is 755. The fraction of sp³-hybridized carbons (Fsp3) is 0.235. The van der Waals surface area contributed by atoms with Gasteiger partial charge in [0.15, 0.2) is 11.5 Å². The number of hydrogen-bond acceptors (Lipinski definition) is 4. The molecule has 1 N–H and O–H groups in total. The first-order chi connectivity index (χ1) is 12.0. The Labute approximate surface area is 148 Å². The maximum atomic E-state index is 12.4. The summed E-state index contributed by atoms with van der Waals surface area (Å²) in [5, 5.41) is 2.71. The van der Waals surface area contributed by atoms with Crippen LogP contribution in [0.1, 0.15) is 17.3 Å². The third kappa shape index (κ3) is 4.73. The Morgan fingerprint density at radius 2 is 1.96 bits per heavy atom. The molecule has 0 heterocycles. The van der Waals surface area contributed by atoms with Gasteiger partial charge in [-0.25, -0.2) is 0 Å². The minimum absolute atomic E-state index is 0.108. The number of halogens is 3. The summed E-state index contributed by atoms with van der Waals surface area (Å²) in [5.41, 5.74) is 0.286. The van der Waals surface area contributed by atoms with Gasteiger partial charge in [-0.2, -0.15) is 8.78 Å². The zero-order chi connectivity index (χ0) is 18.4. The van der Waals surface area contributed by atoms with Crippen molar-refractivity contribution in [3.05, 3.63) is 47.0 Å². The zero-order valence-corrected chi connectivity index (χ0v) is 14.3. The van der Waals surface area contributed by atoms with Crippen LogP contribution in [0.2, 0.25) is 5.02 Å². The molecule has 0 unspecified atom stereocenters. The van der Waals surface area contributed by atoms with Crippen LogP contribution in [0, 0.1) is 0 Å². The first kappa shape index (κ1) is 18.8. The number of benzene rings is 2. The second-order valence-corrected chi connectivity index (χ2v) is 5.16. The van der Waals surface area contributed by atoms with Crippen molar-refractivity contribution >= 4 is 23.2 Å². The first-order valence-electron chi connectivity index (χ1n) is 7.31. The van der Waals surface area contributed by atoms with E-state index in [-0.39, 0.29) is 27.8 Å². The SMILES string of the molecule is CCOc1c(Cl)cc(C(=O)Nc2ccccc2OC(F)F)cc1OC. The second kappa shape index (κ2) is 8.53. The van der Waals surface area contributed by atoms with Crippen molar-refractivity contribution in [1.29, 1.82) is 0 Å². The zero-order valence-electron chi connectivity index (χ0n) is 13.5. The molecule has 0 fully saturated rings. The van der Waals surface area contributed by atoms with E-state index < -0.39 is 12.5 Å². The number of anilines is 1. The van der Waals surface area contributed by atoms with Gasteiger partial charge in [-0.05, 0) is 31.2 Å². The molecular formula is C17H16ClF2NO4. The second-order valence-electron chi connectivity index (χ2n) is 4.75. The summed E-state index contributed by atoms with van der Waals surface area (Å²) in [5.74, 6) is -0.0929. The minimum atomic E-state index is -3.00.